The maximum absolute atomic E-state index is 12.3. The summed E-state index contributed by atoms with van der Waals surface area (Å²) in [5, 5.41) is 8.61. The number of halogens is 1. The number of hydrogen-bond acceptors (Lipinski definition) is 3. The van der Waals surface area contributed by atoms with Crippen molar-refractivity contribution >= 4 is 35.7 Å². The van der Waals surface area contributed by atoms with Crippen molar-refractivity contribution in [2.45, 2.75) is 31.8 Å². The number of hydrogen-bond donors (Lipinski definition) is 4. The standard InChI is InChI=1S/C19H22N4O2.ClH/c1-12(21-18(24)14-3-2-4-15(20)11-14)13-5-7-16(8-6-13)22-19(25)23-17-9-10-17;/h2-8,11-12,17H,9-10,20H2,1H3,(H,21,24)(H2,22,23,25);1H. The van der Waals surface area contributed by atoms with Gasteiger partial charge in [0.15, 0.2) is 0 Å². The van der Waals surface area contributed by atoms with E-state index in [1.807, 2.05) is 31.2 Å². The average molecular weight is 375 g/mol. The fraction of sp³-hybridized carbons (Fsp3) is 0.263. The summed E-state index contributed by atoms with van der Waals surface area (Å²) in [7, 11) is 0. The van der Waals surface area contributed by atoms with Gasteiger partial charge in [-0.25, -0.2) is 4.79 Å². The average Bonchev–Trinajstić information content (AvgIpc) is 3.39. The van der Waals surface area contributed by atoms with Gasteiger partial charge in [0.2, 0.25) is 0 Å². The van der Waals surface area contributed by atoms with E-state index in [9.17, 15) is 9.59 Å². The van der Waals surface area contributed by atoms with Gasteiger partial charge in [0.1, 0.15) is 0 Å². The monoisotopic (exact) mass is 374 g/mol. The van der Waals surface area contributed by atoms with Crippen LogP contribution in [0.15, 0.2) is 48.5 Å². The molecule has 26 heavy (non-hydrogen) atoms. The smallest absolute Gasteiger partial charge is 0.319 e. The van der Waals surface area contributed by atoms with Gasteiger partial charge in [0.05, 0.1) is 6.04 Å². The van der Waals surface area contributed by atoms with Gasteiger partial charge < -0.3 is 21.7 Å². The number of benzene rings is 2. The molecule has 0 aliphatic heterocycles. The van der Waals surface area contributed by atoms with Crippen LogP contribution in [0.5, 0.6) is 0 Å². The van der Waals surface area contributed by atoms with Gasteiger partial charge in [0.25, 0.3) is 5.91 Å². The van der Waals surface area contributed by atoms with Gasteiger partial charge in [0, 0.05) is 23.0 Å². The molecule has 7 heteroatoms. The predicted octanol–water partition coefficient (Wildman–Crippen LogP) is 3.47. The van der Waals surface area contributed by atoms with Crippen LogP contribution in [0.1, 0.15) is 41.7 Å². The molecule has 0 bridgehead atoms. The van der Waals surface area contributed by atoms with E-state index in [-0.39, 0.29) is 30.4 Å². The number of rotatable bonds is 5. The molecular weight excluding hydrogens is 352 g/mol. The van der Waals surface area contributed by atoms with Crippen LogP contribution in [-0.4, -0.2) is 18.0 Å². The zero-order valence-electron chi connectivity index (χ0n) is 14.5. The van der Waals surface area contributed by atoms with Crippen LogP contribution in [0.3, 0.4) is 0 Å². The molecule has 6 nitrogen and oxygen atoms in total. The molecule has 1 unspecified atom stereocenters. The van der Waals surface area contributed by atoms with Crippen molar-refractivity contribution in [2.75, 3.05) is 11.1 Å². The number of nitrogens with one attached hydrogen (secondary N) is 3. The second-order valence-corrected chi connectivity index (χ2v) is 6.32. The Morgan fingerprint density at radius 1 is 1.12 bits per heavy atom. The molecule has 0 aromatic heterocycles. The first-order valence-electron chi connectivity index (χ1n) is 8.35. The topological polar surface area (TPSA) is 96.2 Å². The molecule has 2 aromatic carbocycles. The first-order valence-corrected chi connectivity index (χ1v) is 8.35. The summed E-state index contributed by atoms with van der Waals surface area (Å²) in [5.74, 6) is -0.175. The number of amides is 3. The quantitative estimate of drug-likeness (QED) is 0.603. The third-order valence-corrected chi connectivity index (χ3v) is 4.08. The van der Waals surface area contributed by atoms with Crippen molar-refractivity contribution in [3.63, 3.8) is 0 Å². The third-order valence-electron chi connectivity index (χ3n) is 4.08. The van der Waals surface area contributed by atoms with Gasteiger partial charge in [-0.05, 0) is 55.7 Å². The largest absolute Gasteiger partial charge is 0.399 e. The molecule has 1 atom stereocenters. The van der Waals surface area contributed by atoms with E-state index >= 15 is 0 Å². The van der Waals surface area contributed by atoms with Crippen LogP contribution >= 0.6 is 12.4 Å². The van der Waals surface area contributed by atoms with E-state index < -0.39 is 0 Å². The number of nitrogens with two attached hydrogens (primary N) is 1. The second kappa shape index (κ2) is 8.58. The molecule has 3 rings (SSSR count). The van der Waals surface area contributed by atoms with Crippen molar-refractivity contribution < 1.29 is 9.59 Å². The van der Waals surface area contributed by atoms with E-state index in [1.54, 1.807) is 24.3 Å². The molecule has 1 aliphatic rings. The molecule has 1 aliphatic carbocycles. The van der Waals surface area contributed by atoms with E-state index in [1.165, 1.54) is 0 Å². The summed E-state index contributed by atoms with van der Waals surface area (Å²) >= 11 is 0. The van der Waals surface area contributed by atoms with Gasteiger partial charge in [-0.1, -0.05) is 18.2 Å². The van der Waals surface area contributed by atoms with Crippen LogP contribution in [0.25, 0.3) is 0 Å². The van der Waals surface area contributed by atoms with Crippen molar-refractivity contribution in [1.82, 2.24) is 10.6 Å². The summed E-state index contributed by atoms with van der Waals surface area (Å²) in [5.41, 5.74) is 8.46. The molecule has 1 saturated carbocycles. The van der Waals surface area contributed by atoms with E-state index in [0.29, 0.717) is 17.3 Å². The highest BCUT2D eigenvalue weighted by atomic mass is 35.5. The van der Waals surface area contributed by atoms with Crippen LogP contribution in [0, 0.1) is 0 Å². The molecule has 3 amide bonds. The van der Waals surface area contributed by atoms with Crippen LogP contribution < -0.4 is 21.7 Å². The Labute approximate surface area is 159 Å². The Balaban J connectivity index is 0.00000243. The molecule has 0 radical (unpaired) electrons. The normalized spacial score (nSPS) is 13.9. The maximum atomic E-state index is 12.3. The van der Waals surface area contributed by atoms with E-state index in [2.05, 4.69) is 16.0 Å². The lowest BCUT2D eigenvalue weighted by atomic mass is 10.1. The minimum Gasteiger partial charge on any atom is -0.399 e. The van der Waals surface area contributed by atoms with Crippen LogP contribution in [-0.2, 0) is 0 Å². The molecule has 0 heterocycles. The zero-order chi connectivity index (χ0) is 17.8. The number of carbonyl (C=O) groups is 2. The van der Waals surface area contributed by atoms with Gasteiger partial charge >= 0.3 is 6.03 Å². The lowest BCUT2D eigenvalue weighted by Crippen LogP contribution is -2.30. The number of carbonyl (C=O) groups excluding carboxylic acids is 2. The highest BCUT2D eigenvalue weighted by Crippen LogP contribution is 2.20. The number of anilines is 2. The first kappa shape index (κ1) is 19.6. The third kappa shape index (κ3) is 5.39. The SMILES string of the molecule is CC(NC(=O)c1cccc(N)c1)c1ccc(NC(=O)NC2CC2)cc1.Cl. The van der Waals surface area contributed by atoms with Crippen molar-refractivity contribution in [3.8, 4) is 0 Å². The Hall–Kier alpha value is -2.73. The maximum Gasteiger partial charge on any atom is 0.319 e. The number of urea groups is 1. The Morgan fingerprint density at radius 3 is 2.42 bits per heavy atom. The molecule has 2 aromatic rings. The molecular formula is C19H23ClN4O2. The molecule has 5 N–H and O–H groups in total. The Kier molecular flexibility index (Phi) is 6.46. The highest BCUT2D eigenvalue weighted by Gasteiger charge is 2.23. The van der Waals surface area contributed by atoms with Crippen LogP contribution in [0.2, 0.25) is 0 Å². The minimum atomic E-state index is -0.182. The summed E-state index contributed by atoms with van der Waals surface area (Å²) < 4.78 is 0. The lowest BCUT2D eigenvalue weighted by molar-refractivity contribution is 0.0940. The lowest BCUT2D eigenvalue weighted by Gasteiger charge is -2.15. The van der Waals surface area contributed by atoms with Gasteiger partial charge in [-0.3, -0.25) is 4.79 Å². The predicted molar refractivity (Wildman–Crippen MR) is 106 cm³/mol. The molecule has 1 fully saturated rings. The molecule has 0 spiro atoms. The van der Waals surface area contributed by atoms with Crippen molar-refractivity contribution in [2.24, 2.45) is 0 Å². The summed E-state index contributed by atoms with van der Waals surface area (Å²) in [6.45, 7) is 1.91. The first-order chi connectivity index (χ1) is 12.0. The zero-order valence-corrected chi connectivity index (χ0v) is 15.3. The summed E-state index contributed by atoms with van der Waals surface area (Å²) in [6, 6.07) is 14.3. The summed E-state index contributed by atoms with van der Waals surface area (Å²) in [6.07, 6.45) is 2.10. The fourth-order valence-electron chi connectivity index (χ4n) is 2.48. The number of nitrogen functional groups attached to an aromatic ring is 1. The fourth-order valence-corrected chi connectivity index (χ4v) is 2.48. The van der Waals surface area contributed by atoms with Gasteiger partial charge in [-0.2, -0.15) is 0 Å². The Bertz CT molecular complexity index is 775. The molecule has 138 valence electrons. The van der Waals surface area contributed by atoms with E-state index in [4.69, 9.17) is 5.73 Å². The molecule has 0 saturated heterocycles. The second-order valence-electron chi connectivity index (χ2n) is 6.32. The van der Waals surface area contributed by atoms with Crippen molar-refractivity contribution in [3.05, 3.63) is 59.7 Å². The summed E-state index contributed by atoms with van der Waals surface area (Å²) in [4.78, 5) is 24.0. The Morgan fingerprint density at radius 2 is 1.81 bits per heavy atom. The van der Waals surface area contributed by atoms with Crippen LogP contribution in [0.4, 0.5) is 16.2 Å². The van der Waals surface area contributed by atoms with Gasteiger partial charge in [-0.15, -0.1) is 12.4 Å². The minimum absolute atomic E-state index is 0. The van der Waals surface area contributed by atoms with Crippen molar-refractivity contribution in [1.29, 1.82) is 0 Å². The highest BCUT2D eigenvalue weighted by molar-refractivity contribution is 5.95. The van der Waals surface area contributed by atoms with E-state index in [0.717, 1.165) is 24.1 Å².